The summed E-state index contributed by atoms with van der Waals surface area (Å²) in [7, 11) is 1.76. The third kappa shape index (κ3) is 3.01. The number of carbonyl (C=O) groups is 1. The molecule has 0 saturated carbocycles. The molecule has 1 N–H and O–H groups in total. The average Bonchev–Trinajstić information content (AvgIpc) is 2.21. The van der Waals surface area contributed by atoms with Gasteiger partial charge in [0.2, 0.25) is 0 Å². The Morgan fingerprint density at radius 1 is 1.60 bits per heavy atom. The minimum atomic E-state index is -0.445. The Labute approximate surface area is 93.4 Å². The smallest absolute Gasteiger partial charge is 0.168 e. The number of hydrogen-bond donors (Lipinski definition) is 1. The van der Waals surface area contributed by atoms with Gasteiger partial charge >= 0.3 is 0 Å². The summed E-state index contributed by atoms with van der Waals surface area (Å²) in [5.41, 5.74) is 0.249. The van der Waals surface area contributed by atoms with Gasteiger partial charge in [-0.1, -0.05) is 18.5 Å². The van der Waals surface area contributed by atoms with Crippen molar-refractivity contribution in [2.75, 3.05) is 13.6 Å². The molecule has 1 rings (SSSR count). The van der Waals surface area contributed by atoms with E-state index in [4.69, 9.17) is 11.6 Å². The van der Waals surface area contributed by atoms with E-state index < -0.39 is 5.82 Å². The summed E-state index contributed by atoms with van der Waals surface area (Å²) in [4.78, 5) is 11.8. The molecule has 0 heterocycles. The van der Waals surface area contributed by atoms with E-state index in [1.54, 1.807) is 14.0 Å². The summed E-state index contributed by atoms with van der Waals surface area (Å²) in [5, 5.41) is 3.19. The third-order valence-corrected chi connectivity index (χ3v) is 2.48. The van der Waals surface area contributed by atoms with Gasteiger partial charge < -0.3 is 5.32 Å². The van der Waals surface area contributed by atoms with Crippen molar-refractivity contribution in [2.45, 2.75) is 6.92 Å². The van der Waals surface area contributed by atoms with Crippen molar-refractivity contribution in [1.29, 1.82) is 0 Å². The number of rotatable bonds is 4. The molecule has 0 bridgehead atoms. The van der Waals surface area contributed by atoms with Crippen LogP contribution in [0.4, 0.5) is 4.39 Å². The SMILES string of the molecule is CNCC(C)C(=O)c1cc(F)ccc1Cl. The van der Waals surface area contributed by atoms with Crippen LogP contribution in [0.2, 0.25) is 5.02 Å². The van der Waals surface area contributed by atoms with E-state index in [9.17, 15) is 9.18 Å². The lowest BCUT2D eigenvalue weighted by Gasteiger charge is -2.10. The Kier molecular flexibility index (Phi) is 4.24. The lowest BCUT2D eigenvalue weighted by molar-refractivity contribution is 0.0930. The minimum Gasteiger partial charge on any atom is -0.319 e. The van der Waals surface area contributed by atoms with Crippen LogP contribution in [0.25, 0.3) is 0 Å². The molecule has 0 aromatic heterocycles. The maximum absolute atomic E-state index is 12.9. The van der Waals surface area contributed by atoms with Crippen LogP contribution in [0.3, 0.4) is 0 Å². The second kappa shape index (κ2) is 5.24. The molecule has 2 nitrogen and oxygen atoms in total. The quantitative estimate of drug-likeness (QED) is 0.804. The van der Waals surface area contributed by atoms with E-state index in [0.717, 1.165) is 0 Å². The van der Waals surface area contributed by atoms with E-state index in [1.165, 1.54) is 18.2 Å². The topological polar surface area (TPSA) is 29.1 Å². The first-order chi connectivity index (χ1) is 7.06. The van der Waals surface area contributed by atoms with Crippen LogP contribution in [-0.4, -0.2) is 19.4 Å². The Bertz CT molecular complexity index is 368. The Hall–Kier alpha value is -0.930. The van der Waals surface area contributed by atoms with Crippen molar-refractivity contribution in [1.82, 2.24) is 5.32 Å². The van der Waals surface area contributed by atoms with Crippen molar-refractivity contribution >= 4 is 17.4 Å². The highest BCUT2D eigenvalue weighted by atomic mass is 35.5. The van der Waals surface area contributed by atoms with Crippen molar-refractivity contribution in [3.8, 4) is 0 Å². The molecule has 0 aliphatic heterocycles. The maximum atomic E-state index is 12.9. The molecule has 0 aliphatic carbocycles. The Morgan fingerprint density at radius 2 is 2.27 bits per heavy atom. The fourth-order valence-corrected chi connectivity index (χ4v) is 1.56. The molecule has 4 heteroatoms. The fraction of sp³-hybridized carbons (Fsp3) is 0.364. The second-order valence-electron chi connectivity index (χ2n) is 3.45. The second-order valence-corrected chi connectivity index (χ2v) is 3.85. The molecule has 1 aromatic carbocycles. The normalized spacial score (nSPS) is 12.5. The van der Waals surface area contributed by atoms with E-state index >= 15 is 0 Å². The Balaban J connectivity index is 2.95. The molecule has 0 aliphatic rings. The molecular formula is C11H13ClFNO. The van der Waals surface area contributed by atoms with E-state index in [1.807, 2.05) is 0 Å². The lowest BCUT2D eigenvalue weighted by Crippen LogP contribution is -2.24. The van der Waals surface area contributed by atoms with Gasteiger partial charge in [0.25, 0.3) is 0 Å². The molecule has 82 valence electrons. The molecular weight excluding hydrogens is 217 g/mol. The summed E-state index contributed by atoms with van der Waals surface area (Å²) in [6.07, 6.45) is 0. The molecule has 0 saturated heterocycles. The number of hydrogen-bond acceptors (Lipinski definition) is 2. The van der Waals surface area contributed by atoms with Gasteiger partial charge in [-0.05, 0) is 25.2 Å². The zero-order valence-electron chi connectivity index (χ0n) is 8.68. The molecule has 0 amide bonds. The zero-order valence-corrected chi connectivity index (χ0v) is 9.44. The summed E-state index contributed by atoms with van der Waals surface area (Å²) < 4.78 is 12.9. The minimum absolute atomic E-state index is 0.145. The molecule has 0 fully saturated rings. The van der Waals surface area contributed by atoms with Crippen LogP contribution >= 0.6 is 11.6 Å². The number of ketones is 1. The molecule has 0 spiro atoms. The number of benzene rings is 1. The van der Waals surface area contributed by atoms with Crippen LogP contribution < -0.4 is 5.32 Å². The first kappa shape index (κ1) is 12.1. The number of Topliss-reactive ketones (excluding diaryl/α,β-unsaturated/α-hetero) is 1. The van der Waals surface area contributed by atoms with Gasteiger partial charge in [-0.3, -0.25) is 4.79 Å². The lowest BCUT2D eigenvalue weighted by atomic mass is 9.99. The molecule has 1 aromatic rings. The predicted molar refractivity (Wildman–Crippen MR) is 58.8 cm³/mol. The van der Waals surface area contributed by atoms with E-state index in [-0.39, 0.29) is 17.3 Å². The number of carbonyl (C=O) groups excluding carboxylic acids is 1. The standard InChI is InChI=1S/C11H13ClFNO/c1-7(6-14-2)11(15)9-5-8(13)3-4-10(9)12/h3-5,7,14H,6H2,1-2H3. The predicted octanol–water partition coefficient (Wildman–Crippen LogP) is 2.52. The number of halogens is 2. The first-order valence-electron chi connectivity index (χ1n) is 4.70. The molecule has 1 atom stereocenters. The summed E-state index contributed by atoms with van der Waals surface area (Å²) >= 11 is 5.83. The van der Waals surface area contributed by atoms with Gasteiger partial charge in [-0.2, -0.15) is 0 Å². The van der Waals surface area contributed by atoms with Crippen molar-refractivity contribution in [3.05, 3.63) is 34.6 Å². The fourth-order valence-electron chi connectivity index (χ4n) is 1.35. The van der Waals surface area contributed by atoms with Crippen molar-refractivity contribution in [3.63, 3.8) is 0 Å². The van der Waals surface area contributed by atoms with Gasteiger partial charge in [-0.15, -0.1) is 0 Å². The van der Waals surface area contributed by atoms with E-state index in [2.05, 4.69) is 5.32 Å². The van der Waals surface area contributed by atoms with Gasteiger partial charge in [0.15, 0.2) is 5.78 Å². The van der Waals surface area contributed by atoms with Crippen LogP contribution in [0.5, 0.6) is 0 Å². The Morgan fingerprint density at radius 3 is 2.87 bits per heavy atom. The van der Waals surface area contributed by atoms with Crippen LogP contribution in [-0.2, 0) is 0 Å². The van der Waals surface area contributed by atoms with Crippen molar-refractivity contribution in [2.24, 2.45) is 5.92 Å². The summed E-state index contributed by atoms with van der Waals surface area (Å²) in [6.45, 7) is 2.33. The van der Waals surface area contributed by atoms with Crippen molar-refractivity contribution < 1.29 is 9.18 Å². The highest BCUT2D eigenvalue weighted by Gasteiger charge is 2.17. The van der Waals surface area contributed by atoms with Gasteiger partial charge in [-0.25, -0.2) is 4.39 Å². The van der Waals surface area contributed by atoms with Crippen LogP contribution in [0, 0.1) is 11.7 Å². The molecule has 1 unspecified atom stereocenters. The summed E-state index contributed by atoms with van der Waals surface area (Å²) in [5.74, 6) is -0.803. The third-order valence-electron chi connectivity index (χ3n) is 2.15. The highest BCUT2D eigenvalue weighted by Crippen LogP contribution is 2.20. The largest absolute Gasteiger partial charge is 0.319 e. The van der Waals surface area contributed by atoms with Crippen LogP contribution in [0.15, 0.2) is 18.2 Å². The average molecular weight is 230 g/mol. The highest BCUT2D eigenvalue weighted by molar-refractivity contribution is 6.34. The van der Waals surface area contributed by atoms with Gasteiger partial charge in [0.1, 0.15) is 5.82 Å². The molecule has 15 heavy (non-hydrogen) atoms. The summed E-state index contributed by atoms with van der Waals surface area (Å²) in [6, 6.07) is 3.81. The first-order valence-corrected chi connectivity index (χ1v) is 5.08. The van der Waals surface area contributed by atoms with Gasteiger partial charge in [0, 0.05) is 18.0 Å². The van der Waals surface area contributed by atoms with Crippen LogP contribution in [0.1, 0.15) is 17.3 Å². The monoisotopic (exact) mass is 229 g/mol. The number of nitrogens with one attached hydrogen (secondary N) is 1. The van der Waals surface area contributed by atoms with Gasteiger partial charge in [0.05, 0.1) is 5.02 Å². The maximum Gasteiger partial charge on any atom is 0.168 e. The molecule has 0 radical (unpaired) electrons. The van der Waals surface area contributed by atoms with E-state index in [0.29, 0.717) is 11.6 Å². The zero-order chi connectivity index (χ0) is 11.4.